The Hall–Kier alpha value is -3.06. The third-order valence-corrected chi connectivity index (χ3v) is 8.90. The van der Waals surface area contributed by atoms with Crippen molar-refractivity contribution >= 4 is 45.5 Å². The molecule has 0 bridgehead atoms. The van der Waals surface area contributed by atoms with Crippen molar-refractivity contribution in [3.8, 4) is 0 Å². The van der Waals surface area contributed by atoms with Crippen LogP contribution < -0.4 is 20.7 Å². The second-order valence-corrected chi connectivity index (χ2v) is 11.9. The predicted octanol–water partition coefficient (Wildman–Crippen LogP) is 0.933. The first kappa shape index (κ1) is 22.4. The molecule has 2 amide bonds. The summed E-state index contributed by atoms with van der Waals surface area (Å²) in [5, 5.41) is 13.3. The van der Waals surface area contributed by atoms with E-state index in [4.69, 9.17) is 0 Å². The average Bonchev–Trinajstić information content (AvgIpc) is 3.73. The lowest BCUT2D eigenvalue weighted by Crippen LogP contribution is -2.41. The fourth-order valence-corrected chi connectivity index (χ4v) is 6.27. The molecule has 13 heteroatoms. The van der Waals surface area contributed by atoms with E-state index in [2.05, 4.69) is 35.7 Å². The first-order chi connectivity index (χ1) is 16.8. The van der Waals surface area contributed by atoms with Crippen molar-refractivity contribution in [2.75, 3.05) is 10.6 Å². The van der Waals surface area contributed by atoms with E-state index < -0.39 is 15.9 Å². The van der Waals surface area contributed by atoms with Crippen molar-refractivity contribution in [2.45, 2.75) is 81.2 Å². The molecule has 12 nitrogen and oxygen atoms in total. The molecule has 35 heavy (non-hydrogen) atoms. The molecule has 1 aliphatic heterocycles. The van der Waals surface area contributed by atoms with Crippen LogP contribution in [-0.4, -0.2) is 63.2 Å². The molecule has 2 aromatic rings. The maximum Gasteiger partial charge on any atom is 0.254 e. The largest absolute Gasteiger partial charge is 0.351 e. The van der Waals surface area contributed by atoms with Crippen LogP contribution in [0, 0.1) is 0 Å². The number of sulfonamides is 1. The number of imide groups is 1. The van der Waals surface area contributed by atoms with Gasteiger partial charge < -0.3 is 10.6 Å². The SMILES string of the molecule is O=C1C/C(=C\c2cnn3c(NC4CC4)nc(NC4CCC(NS(=O)(=O)C5CC5)CC4)nc23)C(=O)N1. The van der Waals surface area contributed by atoms with Crippen LogP contribution in [0.15, 0.2) is 11.8 Å². The van der Waals surface area contributed by atoms with E-state index in [1.165, 1.54) is 0 Å². The van der Waals surface area contributed by atoms with Gasteiger partial charge in [0.15, 0.2) is 5.65 Å². The minimum absolute atomic E-state index is 0.0255. The third kappa shape index (κ3) is 4.87. The van der Waals surface area contributed by atoms with Crippen molar-refractivity contribution in [1.82, 2.24) is 29.6 Å². The van der Waals surface area contributed by atoms with Gasteiger partial charge in [0, 0.05) is 29.3 Å². The zero-order valence-corrected chi connectivity index (χ0v) is 20.0. The fourth-order valence-electron chi connectivity index (χ4n) is 4.62. The molecule has 2 aromatic heterocycles. The molecule has 4 aliphatic rings. The highest BCUT2D eigenvalue weighted by molar-refractivity contribution is 7.90. The lowest BCUT2D eigenvalue weighted by atomic mass is 9.92. The Labute approximate surface area is 202 Å². The number of nitrogens with zero attached hydrogens (tertiary/aromatic N) is 4. The summed E-state index contributed by atoms with van der Waals surface area (Å²) < 4.78 is 29.0. The molecule has 0 radical (unpaired) electrons. The Morgan fingerprint density at radius 3 is 2.29 bits per heavy atom. The number of anilines is 2. The fraction of sp³-hybridized carbons (Fsp3) is 0.591. The quantitative estimate of drug-likeness (QED) is 0.305. The number of nitrogens with one attached hydrogen (secondary N) is 4. The highest BCUT2D eigenvalue weighted by Crippen LogP contribution is 2.30. The summed E-state index contributed by atoms with van der Waals surface area (Å²) in [7, 11) is -3.18. The maximum atomic E-state index is 12.2. The van der Waals surface area contributed by atoms with Gasteiger partial charge in [-0.1, -0.05) is 0 Å². The van der Waals surface area contributed by atoms with Crippen LogP contribution in [0.3, 0.4) is 0 Å². The number of hydrogen-bond donors (Lipinski definition) is 4. The summed E-state index contributed by atoms with van der Waals surface area (Å²) >= 11 is 0. The van der Waals surface area contributed by atoms with E-state index in [-0.39, 0.29) is 29.7 Å². The van der Waals surface area contributed by atoms with E-state index >= 15 is 0 Å². The van der Waals surface area contributed by atoms with Crippen molar-refractivity contribution < 1.29 is 18.0 Å². The predicted molar refractivity (Wildman–Crippen MR) is 128 cm³/mol. The lowest BCUT2D eigenvalue weighted by Gasteiger charge is -2.29. The summed E-state index contributed by atoms with van der Waals surface area (Å²) in [6.07, 6.45) is 10.1. The van der Waals surface area contributed by atoms with E-state index in [1.807, 2.05) is 0 Å². The molecule has 3 heterocycles. The first-order valence-electron chi connectivity index (χ1n) is 12.2. The molecular weight excluding hydrogens is 472 g/mol. The van der Waals surface area contributed by atoms with Gasteiger partial charge in [0.05, 0.1) is 17.9 Å². The smallest absolute Gasteiger partial charge is 0.254 e. The Morgan fingerprint density at radius 1 is 0.943 bits per heavy atom. The molecule has 0 unspecified atom stereocenters. The Morgan fingerprint density at radius 2 is 1.63 bits per heavy atom. The third-order valence-electron chi connectivity index (χ3n) is 6.89. The second kappa shape index (κ2) is 8.55. The van der Waals surface area contributed by atoms with Crippen LogP contribution >= 0.6 is 0 Å². The van der Waals surface area contributed by atoms with Gasteiger partial charge in [-0.25, -0.2) is 13.1 Å². The molecule has 3 aliphatic carbocycles. The molecule has 1 saturated heterocycles. The molecule has 0 atom stereocenters. The van der Waals surface area contributed by atoms with Gasteiger partial charge >= 0.3 is 0 Å². The van der Waals surface area contributed by atoms with E-state index in [0.29, 0.717) is 34.7 Å². The molecule has 186 valence electrons. The summed E-state index contributed by atoms with van der Waals surface area (Å²) in [6.45, 7) is 0. The highest BCUT2D eigenvalue weighted by atomic mass is 32.2. The normalized spacial score (nSPS) is 26.3. The van der Waals surface area contributed by atoms with Gasteiger partial charge in [0.2, 0.25) is 27.8 Å². The molecule has 6 rings (SSSR count). The standard InChI is InChI=1S/C22H28N8O4S/c31-18-10-12(20(32)26-18)9-13-11-23-30-19(13)27-21(28-22(30)25-15-1-2-15)24-14-3-5-16(6-4-14)29-35(33,34)17-7-8-17/h9,11,14-17,29H,1-8,10H2,(H,26,31,32)(H2,24,25,27,28)/b12-9+. The van der Waals surface area contributed by atoms with Crippen molar-refractivity contribution in [2.24, 2.45) is 0 Å². The van der Waals surface area contributed by atoms with Crippen LogP contribution in [-0.2, 0) is 19.6 Å². The van der Waals surface area contributed by atoms with Crippen molar-refractivity contribution in [1.29, 1.82) is 0 Å². The molecule has 3 saturated carbocycles. The van der Waals surface area contributed by atoms with Crippen molar-refractivity contribution in [3.63, 3.8) is 0 Å². The molecule has 0 aromatic carbocycles. The molecule has 4 fully saturated rings. The monoisotopic (exact) mass is 500 g/mol. The summed E-state index contributed by atoms with van der Waals surface area (Å²) in [5.41, 5.74) is 1.55. The zero-order valence-electron chi connectivity index (χ0n) is 19.2. The molecule has 0 spiro atoms. The summed E-state index contributed by atoms with van der Waals surface area (Å²) in [5.74, 6) is 0.310. The van der Waals surface area contributed by atoms with Gasteiger partial charge in [0.25, 0.3) is 5.91 Å². The average molecular weight is 501 g/mol. The number of carbonyl (C=O) groups excluding carboxylic acids is 2. The van der Waals surface area contributed by atoms with Crippen LogP contribution in [0.25, 0.3) is 11.7 Å². The number of hydrogen-bond acceptors (Lipinski definition) is 9. The number of aromatic nitrogens is 4. The number of carbonyl (C=O) groups is 2. The van der Waals surface area contributed by atoms with Crippen LogP contribution in [0.5, 0.6) is 0 Å². The Kier molecular flexibility index (Phi) is 5.48. The van der Waals surface area contributed by atoms with Gasteiger partial charge in [-0.2, -0.15) is 19.6 Å². The second-order valence-electron chi connectivity index (χ2n) is 9.90. The number of amides is 2. The molecule has 4 N–H and O–H groups in total. The lowest BCUT2D eigenvalue weighted by molar-refractivity contribution is -0.124. The van der Waals surface area contributed by atoms with E-state index in [1.54, 1.807) is 16.8 Å². The van der Waals surface area contributed by atoms with Gasteiger partial charge in [-0.3, -0.25) is 14.9 Å². The van der Waals surface area contributed by atoms with Crippen LogP contribution in [0.4, 0.5) is 11.9 Å². The van der Waals surface area contributed by atoms with Gasteiger partial charge in [-0.15, -0.1) is 0 Å². The van der Waals surface area contributed by atoms with E-state index in [9.17, 15) is 18.0 Å². The summed E-state index contributed by atoms with van der Waals surface area (Å²) in [4.78, 5) is 32.9. The number of fused-ring (bicyclic) bond motifs is 1. The maximum absolute atomic E-state index is 12.2. The first-order valence-corrected chi connectivity index (χ1v) is 13.7. The van der Waals surface area contributed by atoms with Crippen LogP contribution in [0.2, 0.25) is 0 Å². The minimum atomic E-state index is -3.18. The number of rotatable bonds is 8. The zero-order chi connectivity index (χ0) is 24.2. The summed E-state index contributed by atoms with van der Waals surface area (Å²) in [6, 6.07) is 0.443. The Balaban J connectivity index is 1.20. The molecular formula is C22H28N8O4S. The van der Waals surface area contributed by atoms with Crippen molar-refractivity contribution in [3.05, 3.63) is 17.3 Å². The van der Waals surface area contributed by atoms with Gasteiger partial charge in [0.1, 0.15) is 0 Å². The van der Waals surface area contributed by atoms with E-state index in [0.717, 1.165) is 51.4 Å². The topological polar surface area (TPSA) is 159 Å². The van der Waals surface area contributed by atoms with Crippen LogP contribution in [0.1, 0.15) is 63.4 Å². The Bertz CT molecular complexity index is 1320. The minimum Gasteiger partial charge on any atom is -0.351 e. The van der Waals surface area contributed by atoms with Gasteiger partial charge in [-0.05, 0) is 57.4 Å². The highest BCUT2D eigenvalue weighted by Gasteiger charge is 2.37.